The molecule has 0 aromatic heterocycles. The van der Waals surface area contributed by atoms with Crippen LogP contribution in [0.1, 0.15) is 25.7 Å². The fourth-order valence-corrected chi connectivity index (χ4v) is 2.59. The summed E-state index contributed by atoms with van der Waals surface area (Å²) in [5.74, 6) is 0.331. The third kappa shape index (κ3) is 4.50. The van der Waals surface area contributed by atoms with E-state index in [1.54, 1.807) is 23.1 Å². The third-order valence-electron chi connectivity index (χ3n) is 3.64. The van der Waals surface area contributed by atoms with Crippen molar-refractivity contribution in [2.45, 2.75) is 31.7 Å². The first-order valence-electron chi connectivity index (χ1n) is 7.10. The predicted octanol–water partition coefficient (Wildman–Crippen LogP) is 3.14. The summed E-state index contributed by atoms with van der Waals surface area (Å²) in [7, 11) is 0. The first-order valence-corrected chi connectivity index (χ1v) is 7.85. The number of hydrogen-bond acceptors (Lipinski definition) is 3. The van der Waals surface area contributed by atoms with Crippen molar-refractivity contribution in [2.24, 2.45) is 0 Å². The minimum atomic E-state index is -0.0795. The molecule has 21 heavy (non-hydrogen) atoms. The number of amides is 1. The van der Waals surface area contributed by atoms with Gasteiger partial charge in [0.15, 0.2) is 6.61 Å². The van der Waals surface area contributed by atoms with Gasteiger partial charge in [-0.25, -0.2) is 0 Å². The average Bonchev–Trinajstić information content (AvgIpc) is 2.41. The number of carbonyl (C=O) groups is 1. The molecular weight excluding hydrogens is 313 g/mol. The molecule has 116 valence electrons. The number of nitrogens with zero attached hydrogens (tertiary/aromatic N) is 1. The molecule has 0 atom stereocenters. The van der Waals surface area contributed by atoms with E-state index in [2.05, 4.69) is 0 Å². The van der Waals surface area contributed by atoms with Crippen LogP contribution < -0.4 is 4.74 Å². The number of aliphatic hydroxyl groups is 1. The van der Waals surface area contributed by atoms with Gasteiger partial charge in [0.25, 0.3) is 5.91 Å². The van der Waals surface area contributed by atoms with E-state index in [1.807, 2.05) is 0 Å². The van der Waals surface area contributed by atoms with Gasteiger partial charge in [0.2, 0.25) is 0 Å². The molecule has 1 amide bonds. The number of carbonyl (C=O) groups excluding carboxylic acids is 1. The van der Waals surface area contributed by atoms with Gasteiger partial charge in [-0.1, -0.05) is 23.2 Å². The standard InChI is InChI=1S/C15H19Cl2NO3/c16-11-5-6-13(17)14(9-11)21-10-15(20)18(7-2-8-19)12-3-1-4-12/h5-6,9,12,19H,1-4,7-8,10H2. The van der Waals surface area contributed by atoms with Crippen molar-refractivity contribution < 1.29 is 14.6 Å². The Kier molecular flexibility index (Phi) is 6.15. The summed E-state index contributed by atoms with van der Waals surface area (Å²) in [5.41, 5.74) is 0. The molecule has 4 nitrogen and oxygen atoms in total. The second kappa shape index (κ2) is 7.87. The SMILES string of the molecule is O=C(COc1cc(Cl)ccc1Cl)N(CCCO)C1CCC1. The second-order valence-corrected chi connectivity index (χ2v) is 5.96. The van der Waals surface area contributed by atoms with Gasteiger partial charge in [0, 0.05) is 30.3 Å². The van der Waals surface area contributed by atoms with Crippen LogP contribution >= 0.6 is 23.2 Å². The van der Waals surface area contributed by atoms with Crippen LogP contribution in [0.15, 0.2) is 18.2 Å². The summed E-state index contributed by atoms with van der Waals surface area (Å²) in [6.45, 7) is 0.576. The third-order valence-corrected chi connectivity index (χ3v) is 4.18. The summed E-state index contributed by atoms with van der Waals surface area (Å²) >= 11 is 11.9. The molecule has 1 aliphatic rings. The molecule has 0 unspecified atom stereocenters. The predicted molar refractivity (Wildman–Crippen MR) is 83.0 cm³/mol. The van der Waals surface area contributed by atoms with E-state index in [0.29, 0.717) is 28.8 Å². The van der Waals surface area contributed by atoms with Gasteiger partial charge in [0.1, 0.15) is 5.75 Å². The number of aliphatic hydroxyl groups excluding tert-OH is 1. The first kappa shape index (κ1) is 16.4. The number of hydrogen-bond donors (Lipinski definition) is 1. The van der Waals surface area contributed by atoms with Crippen LogP contribution in [-0.2, 0) is 4.79 Å². The summed E-state index contributed by atoms with van der Waals surface area (Å²) in [6, 6.07) is 5.18. The zero-order chi connectivity index (χ0) is 15.2. The highest BCUT2D eigenvalue weighted by molar-refractivity contribution is 6.34. The van der Waals surface area contributed by atoms with Crippen molar-refractivity contribution in [2.75, 3.05) is 19.8 Å². The molecular formula is C15H19Cl2NO3. The van der Waals surface area contributed by atoms with Gasteiger partial charge in [-0.15, -0.1) is 0 Å². The molecule has 2 rings (SSSR count). The Morgan fingerprint density at radius 2 is 2.14 bits per heavy atom. The Labute approximate surface area is 134 Å². The summed E-state index contributed by atoms with van der Waals surface area (Å²) in [4.78, 5) is 14.1. The molecule has 1 N–H and O–H groups in total. The molecule has 6 heteroatoms. The van der Waals surface area contributed by atoms with E-state index in [1.165, 1.54) is 0 Å². The van der Waals surface area contributed by atoms with Crippen LogP contribution in [0.2, 0.25) is 10.0 Å². The van der Waals surface area contributed by atoms with Crippen molar-refractivity contribution in [1.29, 1.82) is 0 Å². The second-order valence-electron chi connectivity index (χ2n) is 5.11. The Bertz CT molecular complexity index is 492. The van der Waals surface area contributed by atoms with Crippen molar-refractivity contribution in [3.8, 4) is 5.75 Å². The minimum Gasteiger partial charge on any atom is -0.482 e. The summed E-state index contributed by atoms with van der Waals surface area (Å²) in [5, 5.41) is 9.88. The number of ether oxygens (including phenoxy) is 1. The molecule has 0 heterocycles. The van der Waals surface area contributed by atoms with Gasteiger partial charge >= 0.3 is 0 Å². The molecule has 1 fully saturated rings. The summed E-state index contributed by atoms with van der Waals surface area (Å²) in [6.07, 6.45) is 3.78. The fraction of sp³-hybridized carbons (Fsp3) is 0.533. The lowest BCUT2D eigenvalue weighted by atomic mass is 9.91. The molecule has 0 bridgehead atoms. The molecule has 0 spiro atoms. The van der Waals surface area contributed by atoms with E-state index in [9.17, 15) is 4.79 Å². The fourth-order valence-electron chi connectivity index (χ4n) is 2.26. The highest BCUT2D eigenvalue weighted by Gasteiger charge is 2.28. The normalized spacial score (nSPS) is 14.6. The maximum Gasteiger partial charge on any atom is 0.260 e. The van der Waals surface area contributed by atoms with E-state index < -0.39 is 0 Å². The Hall–Kier alpha value is -0.970. The molecule has 1 aromatic carbocycles. The Morgan fingerprint density at radius 3 is 2.76 bits per heavy atom. The molecule has 1 aliphatic carbocycles. The van der Waals surface area contributed by atoms with Crippen LogP contribution in [0.4, 0.5) is 0 Å². The molecule has 0 radical (unpaired) electrons. The van der Waals surface area contributed by atoms with Crippen molar-refractivity contribution in [3.63, 3.8) is 0 Å². The van der Waals surface area contributed by atoms with Gasteiger partial charge in [-0.05, 0) is 37.8 Å². The summed E-state index contributed by atoms with van der Waals surface area (Å²) < 4.78 is 5.49. The maximum absolute atomic E-state index is 12.3. The van der Waals surface area contributed by atoms with Gasteiger partial charge in [0.05, 0.1) is 5.02 Å². The van der Waals surface area contributed by atoms with Crippen LogP contribution in [-0.4, -0.2) is 41.7 Å². The lowest BCUT2D eigenvalue weighted by Gasteiger charge is -2.37. The maximum atomic E-state index is 12.3. The number of benzene rings is 1. The quantitative estimate of drug-likeness (QED) is 0.835. The first-order chi connectivity index (χ1) is 10.1. The van der Waals surface area contributed by atoms with Crippen molar-refractivity contribution >= 4 is 29.1 Å². The molecule has 1 saturated carbocycles. The average molecular weight is 332 g/mol. The molecule has 0 saturated heterocycles. The van der Waals surface area contributed by atoms with Crippen LogP contribution in [0.25, 0.3) is 0 Å². The van der Waals surface area contributed by atoms with Gasteiger partial charge < -0.3 is 14.7 Å². The zero-order valence-electron chi connectivity index (χ0n) is 11.7. The van der Waals surface area contributed by atoms with E-state index in [4.69, 9.17) is 33.0 Å². The van der Waals surface area contributed by atoms with Crippen molar-refractivity contribution in [1.82, 2.24) is 4.90 Å². The lowest BCUT2D eigenvalue weighted by Crippen LogP contribution is -2.46. The van der Waals surface area contributed by atoms with Crippen LogP contribution in [0.3, 0.4) is 0 Å². The smallest absolute Gasteiger partial charge is 0.260 e. The highest BCUT2D eigenvalue weighted by Crippen LogP contribution is 2.28. The number of rotatable bonds is 7. The van der Waals surface area contributed by atoms with Crippen LogP contribution in [0.5, 0.6) is 5.75 Å². The molecule has 1 aromatic rings. The van der Waals surface area contributed by atoms with Crippen molar-refractivity contribution in [3.05, 3.63) is 28.2 Å². The zero-order valence-corrected chi connectivity index (χ0v) is 13.2. The highest BCUT2D eigenvalue weighted by atomic mass is 35.5. The Balaban J connectivity index is 1.93. The van der Waals surface area contributed by atoms with E-state index in [-0.39, 0.29) is 25.2 Å². The Morgan fingerprint density at radius 1 is 1.38 bits per heavy atom. The van der Waals surface area contributed by atoms with Crippen LogP contribution in [0, 0.1) is 0 Å². The minimum absolute atomic E-state index is 0.0675. The topological polar surface area (TPSA) is 49.8 Å². The van der Waals surface area contributed by atoms with Gasteiger partial charge in [-0.2, -0.15) is 0 Å². The van der Waals surface area contributed by atoms with E-state index in [0.717, 1.165) is 19.3 Å². The molecule has 0 aliphatic heterocycles. The number of halogens is 2. The largest absolute Gasteiger partial charge is 0.482 e. The monoisotopic (exact) mass is 331 g/mol. The lowest BCUT2D eigenvalue weighted by molar-refractivity contribution is -0.137. The van der Waals surface area contributed by atoms with Gasteiger partial charge in [-0.3, -0.25) is 4.79 Å². The van der Waals surface area contributed by atoms with E-state index >= 15 is 0 Å².